The Morgan fingerprint density at radius 3 is 1.83 bits per heavy atom. The summed E-state index contributed by atoms with van der Waals surface area (Å²) in [7, 11) is 0. The number of para-hydroxylation sites is 3. The Balaban J connectivity index is 0.000000162. The number of nitrogens with zero attached hydrogens (tertiary/aromatic N) is 5. The van der Waals surface area contributed by atoms with Crippen molar-refractivity contribution in [3.63, 3.8) is 0 Å². The van der Waals surface area contributed by atoms with Crippen molar-refractivity contribution in [2.24, 2.45) is 0 Å². The Labute approximate surface area is 306 Å². The molecule has 0 saturated carbocycles. The number of pyridine rings is 2. The lowest BCUT2D eigenvalue weighted by Crippen LogP contribution is -2.47. The number of anilines is 3. The number of hydrogen-bond donors (Lipinski definition) is 1. The SMILES string of the molecule is O=C(Nc1cnc2ccccc2c1)c1ccccc1N1CCCCCC1.O=C(c1ccccc1)N(c1cnc2ccccc2c1)N1CCCCCC1. The summed E-state index contributed by atoms with van der Waals surface area (Å²) in [6.07, 6.45) is 13.1. The molecule has 0 atom stereocenters. The van der Waals surface area contributed by atoms with Crippen LogP contribution >= 0.6 is 0 Å². The smallest absolute Gasteiger partial charge is 0.272 e. The summed E-state index contributed by atoms with van der Waals surface area (Å²) < 4.78 is 0. The van der Waals surface area contributed by atoms with Crippen LogP contribution in [0.4, 0.5) is 17.1 Å². The Bertz CT molecular complexity index is 2100. The fourth-order valence-corrected chi connectivity index (χ4v) is 7.13. The van der Waals surface area contributed by atoms with E-state index in [-0.39, 0.29) is 11.8 Å². The molecule has 2 aliphatic heterocycles. The second-order valence-electron chi connectivity index (χ2n) is 13.5. The molecule has 1 N–H and O–H groups in total. The number of rotatable bonds is 6. The first-order chi connectivity index (χ1) is 25.6. The van der Waals surface area contributed by atoms with E-state index >= 15 is 0 Å². The Hall–Kier alpha value is -5.60. The van der Waals surface area contributed by atoms with E-state index in [9.17, 15) is 9.59 Å². The highest BCUT2D eigenvalue weighted by Crippen LogP contribution is 2.27. The second kappa shape index (κ2) is 17.1. The number of benzene rings is 4. The normalized spacial score (nSPS) is 15.2. The molecule has 4 aromatic carbocycles. The average molecular weight is 691 g/mol. The van der Waals surface area contributed by atoms with Gasteiger partial charge in [0, 0.05) is 48.2 Å². The molecule has 2 aromatic heterocycles. The average Bonchev–Trinajstić information content (AvgIpc) is 3.65. The third-order valence-electron chi connectivity index (χ3n) is 9.84. The molecule has 6 aromatic rings. The summed E-state index contributed by atoms with van der Waals surface area (Å²) in [5.74, 6) is -0.0773. The largest absolute Gasteiger partial charge is 0.371 e. The maximum atomic E-state index is 13.3. The van der Waals surface area contributed by atoms with Crippen molar-refractivity contribution in [3.8, 4) is 0 Å². The van der Waals surface area contributed by atoms with Crippen molar-refractivity contribution >= 4 is 50.7 Å². The van der Waals surface area contributed by atoms with Crippen LogP contribution in [-0.4, -0.2) is 53.0 Å². The first-order valence-electron chi connectivity index (χ1n) is 18.6. The monoisotopic (exact) mass is 690 g/mol. The third kappa shape index (κ3) is 8.46. The highest BCUT2D eigenvalue weighted by atomic mass is 16.2. The Morgan fingerprint density at radius 2 is 1.13 bits per heavy atom. The number of hydrogen-bond acceptors (Lipinski definition) is 6. The molecule has 0 unspecified atom stereocenters. The fraction of sp³-hybridized carbons (Fsp3) is 0.273. The van der Waals surface area contributed by atoms with Gasteiger partial charge in [-0.2, -0.15) is 0 Å². The number of hydrazine groups is 1. The summed E-state index contributed by atoms with van der Waals surface area (Å²) in [6, 6.07) is 37.4. The van der Waals surface area contributed by atoms with Crippen LogP contribution in [0.5, 0.6) is 0 Å². The van der Waals surface area contributed by atoms with Gasteiger partial charge >= 0.3 is 0 Å². The molecule has 8 rings (SSSR count). The summed E-state index contributed by atoms with van der Waals surface area (Å²) >= 11 is 0. The summed E-state index contributed by atoms with van der Waals surface area (Å²) in [4.78, 5) is 37.6. The number of fused-ring (bicyclic) bond motifs is 2. The summed E-state index contributed by atoms with van der Waals surface area (Å²) in [5, 5.41) is 9.11. The predicted octanol–water partition coefficient (Wildman–Crippen LogP) is 9.54. The molecule has 4 heterocycles. The lowest BCUT2D eigenvalue weighted by atomic mass is 10.1. The minimum atomic E-state index is -0.0815. The molecule has 52 heavy (non-hydrogen) atoms. The minimum absolute atomic E-state index is 0.00424. The van der Waals surface area contributed by atoms with Gasteiger partial charge in [0.25, 0.3) is 11.8 Å². The van der Waals surface area contributed by atoms with Crippen molar-refractivity contribution in [1.82, 2.24) is 15.0 Å². The molecule has 264 valence electrons. The second-order valence-corrected chi connectivity index (χ2v) is 13.5. The fourth-order valence-electron chi connectivity index (χ4n) is 7.13. The molecule has 0 spiro atoms. The number of aromatic nitrogens is 2. The van der Waals surface area contributed by atoms with Gasteiger partial charge in [0.2, 0.25) is 0 Å². The van der Waals surface area contributed by atoms with Gasteiger partial charge in [-0.3, -0.25) is 19.6 Å². The van der Waals surface area contributed by atoms with Crippen LogP contribution in [0.1, 0.15) is 72.1 Å². The third-order valence-corrected chi connectivity index (χ3v) is 9.84. The summed E-state index contributed by atoms with van der Waals surface area (Å²) in [6.45, 7) is 3.82. The zero-order valence-electron chi connectivity index (χ0n) is 29.7. The van der Waals surface area contributed by atoms with Crippen LogP contribution in [0.15, 0.2) is 128 Å². The molecule has 8 nitrogen and oxygen atoms in total. The van der Waals surface area contributed by atoms with Crippen LogP contribution in [0.25, 0.3) is 21.8 Å². The molecule has 2 aliphatic rings. The van der Waals surface area contributed by atoms with Gasteiger partial charge < -0.3 is 10.2 Å². The highest BCUT2D eigenvalue weighted by Gasteiger charge is 2.26. The highest BCUT2D eigenvalue weighted by molar-refractivity contribution is 6.08. The van der Waals surface area contributed by atoms with Crippen molar-refractivity contribution in [1.29, 1.82) is 0 Å². The first-order valence-corrected chi connectivity index (χ1v) is 18.6. The van der Waals surface area contributed by atoms with E-state index < -0.39 is 0 Å². The molecular weight excluding hydrogens is 645 g/mol. The molecule has 0 bridgehead atoms. The van der Waals surface area contributed by atoms with Crippen molar-refractivity contribution in [2.45, 2.75) is 51.4 Å². The molecule has 2 saturated heterocycles. The Kier molecular flexibility index (Phi) is 11.4. The van der Waals surface area contributed by atoms with E-state index in [4.69, 9.17) is 0 Å². The number of carbonyl (C=O) groups is 2. The number of nitrogens with one attached hydrogen (secondary N) is 1. The van der Waals surface area contributed by atoms with E-state index in [1.54, 1.807) is 6.20 Å². The quantitative estimate of drug-likeness (QED) is 0.188. The van der Waals surface area contributed by atoms with Crippen LogP contribution in [-0.2, 0) is 0 Å². The summed E-state index contributed by atoms with van der Waals surface area (Å²) in [5.41, 5.74) is 5.88. The van der Waals surface area contributed by atoms with Crippen molar-refractivity contribution < 1.29 is 9.59 Å². The maximum Gasteiger partial charge on any atom is 0.272 e. The van der Waals surface area contributed by atoms with Crippen molar-refractivity contribution in [3.05, 3.63) is 139 Å². The minimum Gasteiger partial charge on any atom is -0.371 e. The lowest BCUT2D eigenvalue weighted by Gasteiger charge is -2.34. The molecule has 2 amide bonds. The Morgan fingerprint density at radius 1 is 0.577 bits per heavy atom. The molecule has 0 aliphatic carbocycles. The standard InChI is InChI=1S/2C22H23N3O/c26-22(24-18-15-17-9-3-5-11-20(17)23-16-18)19-10-4-6-12-21(19)25-13-7-1-2-8-14-25;26-22(18-10-4-3-5-11-18)25(24-14-8-1-2-9-15-24)20-16-19-12-6-7-13-21(19)23-17-20/h3-6,9-12,15-16H,1-2,7-8,13-14H2,(H,24,26);3-7,10-13,16-17H,1-2,8-9,14-15H2. The first kappa shape index (κ1) is 34.8. The van der Waals surface area contributed by atoms with Crippen LogP contribution < -0.4 is 15.2 Å². The van der Waals surface area contributed by atoms with Crippen LogP contribution in [0.2, 0.25) is 0 Å². The van der Waals surface area contributed by atoms with Gasteiger partial charge in [-0.15, -0.1) is 0 Å². The maximum absolute atomic E-state index is 13.3. The van der Waals surface area contributed by atoms with E-state index in [1.165, 1.54) is 38.5 Å². The van der Waals surface area contributed by atoms with Gasteiger partial charge in [-0.05, 0) is 74.2 Å². The van der Waals surface area contributed by atoms with E-state index in [2.05, 4.69) is 37.3 Å². The van der Waals surface area contributed by atoms with Gasteiger partial charge in [0.15, 0.2) is 0 Å². The molecule has 2 fully saturated rings. The molecule has 0 radical (unpaired) electrons. The van der Waals surface area contributed by atoms with Gasteiger partial charge in [-0.1, -0.05) is 92.4 Å². The molecular formula is C44H46N6O2. The van der Waals surface area contributed by atoms with Gasteiger partial charge in [0.05, 0.1) is 40.4 Å². The van der Waals surface area contributed by atoms with E-state index in [0.717, 1.165) is 83.5 Å². The number of carbonyl (C=O) groups excluding carboxylic acids is 2. The van der Waals surface area contributed by atoms with Crippen LogP contribution in [0, 0.1) is 0 Å². The zero-order chi connectivity index (χ0) is 35.5. The number of amides is 2. The van der Waals surface area contributed by atoms with E-state index in [1.807, 2.05) is 114 Å². The zero-order valence-corrected chi connectivity index (χ0v) is 29.7. The van der Waals surface area contributed by atoms with Crippen molar-refractivity contribution in [2.75, 3.05) is 41.4 Å². The van der Waals surface area contributed by atoms with E-state index in [0.29, 0.717) is 5.56 Å². The predicted molar refractivity (Wildman–Crippen MR) is 212 cm³/mol. The topological polar surface area (TPSA) is 81.7 Å². The van der Waals surface area contributed by atoms with Gasteiger partial charge in [0.1, 0.15) is 0 Å². The lowest BCUT2D eigenvalue weighted by molar-refractivity contribution is 0.0896. The van der Waals surface area contributed by atoms with Crippen LogP contribution in [0.3, 0.4) is 0 Å². The van der Waals surface area contributed by atoms with Gasteiger partial charge in [-0.25, -0.2) is 10.0 Å². The molecule has 8 heteroatoms.